The molecule has 0 aliphatic carbocycles. The molecule has 0 unspecified atom stereocenters. The molecular weight excluding hydrogens is 310 g/mol. The summed E-state index contributed by atoms with van der Waals surface area (Å²) < 4.78 is 0. The first kappa shape index (κ1) is 15.9. The number of nitrogens with one attached hydrogen (secondary N) is 2. The van der Waals surface area contributed by atoms with Crippen molar-refractivity contribution in [1.82, 2.24) is 15.2 Å². The molecule has 0 bridgehead atoms. The molecule has 5 nitrogen and oxygen atoms in total. The molecule has 1 aromatic carbocycles. The average molecular weight is 331 g/mol. The van der Waals surface area contributed by atoms with Crippen molar-refractivity contribution in [3.05, 3.63) is 36.0 Å². The first-order valence-electron chi connectivity index (χ1n) is 7.63. The molecule has 2 heterocycles. The highest BCUT2D eigenvalue weighted by atomic mass is 32.2. The second-order valence-electron chi connectivity index (χ2n) is 6.81. The molecule has 122 valence electrons. The molecule has 1 atom stereocenters. The molecule has 1 aliphatic heterocycles. The summed E-state index contributed by atoms with van der Waals surface area (Å²) in [7, 11) is 0. The van der Waals surface area contributed by atoms with Gasteiger partial charge in [-0.1, -0.05) is 6.07 Å². The Labute approximate surface area is 139 Å². The van der Waals surface area contributed by atoms with E-state index in [1.165, 1.54) is 0 Å². The van der Waals surface area contributed by atoms with Gasteiger partial charge in [0.05, 0.1) is 5.88 Å². The molecule has 1 fully saturated rings. The van der Waals surface area contributed by atoms with Crippen LogP contribution in [-0.4, -0.2) is 44.9 Å². The molecule has 3 rings (SSSR count). The van der Waals surface area contributed by atoms with Gasteiger partial charge in [-0.2, -0.15) is 0 Å². The SMILES string of the molecule is CC(C)(C)NC(=O)[C@H]1CSCN1C(=O)c1ccc2cc[nH]c2c1. The Kier molecular flexibility index (Phi) is 4.10. The van der Waals surface area contributed by atoms with Crippen molar-refractivity contribution in [2.24, 2.45) is 0 Å². The molecule has 0 spiro atoms. The van der Waals surface area contributed by atoms with Gasteiger partial charge in [0.25, 0.3) is 5.91 Å². The standard InChI is InChI=1S/C17H21N3O2S/c1-17(2,3)19-15(21)14-9-23-10-20(14)16(22)12-5-4-11-6-7-18-13(11)8-12/h4-8,14,18H,9-10H2,1-3H3,(H,19,21)/t14-/m1/s1. The fourth-order valence-corrected chi connectivity index (χ4v) is 3.81. The number of nitrogens with zero attached hydrogens (tertiary/aromatic N) is 1. The normalized spacial score (nSPS) is 18.4. The number of thioether (sulfide) groups is 1. The maximum absolute atomic E-state index is 12.8. The molecule has 1 saturated heterocycles. The van der Waals surface area contributed by atoms with Gasteiger partial charge in [0.1, 0.15) is 6.04 Å². The minimum absolute atomic E-state index is 0.0863. The maximum Gasteiger partial charge on any atom is 0.255 e. The Balaban J connectivity index is 1.81. The number of amides is 2. The lowest BCUT2D eigenvalue weighted by atomic mass is 10.1. The van der Waals surface area contributed by atoms with Crippen LogP contribution in [0.5, 0.6) is 0 Å². The lowest BCUT2D eigenvalue weighted by Gasteiger charge is -2.27. The van der Waals surface area contributed by atoms with Gasteiger partial charge in [-0.3, -0.25) is 9.59 Å². The highest BCUT2D eigenvalue weighted by Gasteiger charge is 2.36. The predicted molar refractivity (Wildman–Crippen MR) is 93.5 cm³/mol. The minimum Gasteiger partial charge on any atom is -0.361 e. The fraction of sp³-hybridized carbons (Fsp3) is 0.412. The number of rotatable bonds is 2. The average Bonchev–Trinajstić information content (AvgIpc) is 3.12. The molecular formula is C17H21N3O2S. The van der Waals surface area contributed by atoms with Gasteiger partial charge in [-0.25, -0.2) is 0 Å². The topological polar surface area (TPSA) is 65.2 Å². The first-order valence-corrected chi connectivity index (χ1v) is 8.78. The summed E-state index contributed by atoms with van der Waals surface area (Å²) in [5.41, 5.74) is 1.23. The van der Waals surface area contributed by atoms with Crippen molar-refractivity contribution in [2.45, 2.75) is 32.4 Å². The Bertz CT molecular complexity index is 748. The van der Waals surface area contributed by atoms with E-state index in [0.29, 0.717) is 17.2 Å². The Morgan fingerprint density at radius 1 is 1.30 bits per heavy atom. The number of H-pyrrole nitrogens is 1. The van der Waals surface area contributed by atoms with Gasteiger partial charge in [-0.05, 0) is 44.4 Å². The number of carbonyl (C=O) groups is 2. The van der Waals surface area contributed by atoms with E-state index in [-0.39, 0.29) is 17.4 Å². The van der Waals surface area contributed by atoms with E-state index in [9.17, 15) is 9.59 Å². The summed E-state index contributed by atoms with van der Waals surface area (Å²) in [5, 5.41) is 4.04. The van der Waals surface area contributed by atoms with Gasteiger partial charge < -0.3 is 15.2 Å². The summed E-state index contributed by atoms with van der Waals surface area (Å²) in [5.74, 6) is 1.000. The van der Waals surface area contributed by atoms with Gasteiger partial charge in [-0.15, -0.1) is 11.8 Å². The molecule has 1 aromatic heterocycles. The second-order valence-corrected chi connectivity index (χ2v) is 7.81. The predicted octanol–water partition coefficient (Wildman–Crippen LogP) is 2.60. The Morgan fingerprint density at radius 2 is 2.09 bits per heavy atom. The summed E-state index contributed by atoms with van der Waals surface area (Å²) in [6.07, 6.45) is 1.85. The number of aromatic amines is 1. The van der Waals surface area contributed by atoms with E-state index in [0.717, 1.165) is 10.9 Å². The minimum atomic E-state index is -0.411. The lowest BCUT2D eigenvalue weighted by Crippen LogP contribution is -2.52. The van der Waals surface area contributed by atoms with Crippen molar-refractivity contribution in [1.29, 1.82) is 0 Å². The van der Waals surface area contributed by atoms with Crippen LogP contribution in [0.3, 0.4) is 0 Å². The fourth-order valence-electron chi connectivity index (χ4n) is 2.66. The van der Waals surface area contributed by atoms with Gasteiger partial charge in [0.15, 0.2) is 0 Å². The van der Waals surface area contributed by atoms with Crippen LogP contribution in [0, 0.1) is 0 Å². The third kappa shape index (κ3) is 3.37. The van der Waals surface area contributed by atoms with Gasteiger partial charge in [0.2, 0.25) is 5.91 Å². The summed E-state index contributed by atoms with van der Waals surface area (Å²) in [4.78, 5) is 30.0. The van der Waals surface area contributed by atoms with Crippen molar-refractivity contribution < 1.29 is 9.59 Å². The summed E-state index contributed by atoms with van der Waals surface area (Å²) >= 11 is 1.61. The Morgan fingerprint density at radius 3 is 2.83 bits per heavy atom. The van der Waals surface area contributed by atoms with E-state index in [1.807, 2.05) is 51.2 Å². The second kappa shape index (κ2) is 5.92. The van der Waals surface area contributed by atoms with Crippen molar-refractivity contribution >= 4 is 34.5 Å². The smallest absolute Gasteiger partial charge is 0.255 e. The Hall–Kier alpha value is -1.95. The third-order valence-corrected chi connectivity index (χ3v) is 4.76. The molecule has 0 radical (unpaired) electrons. The summed E-state index contributed by atoms with van der Waals surface area (Å²) in [6, 6.07) is 7.15. The van der Waals surface area contributed by atoms with E-state index in [4.69, 9.17) is 0 Å². The van der Waals surface area contributed by atoms with Crippen LogP contribution >= 0.6 is 11.8 Å². The zero-order valence-corrected chi connectivity index (χ0v) is 14.4. The largest absolute Gasteiger partial charge is 0.361 e. The quantitative estimate of drug-likeness (QED) is 0.889. The number of aromatic nitrogens is 1. The van der Waals surface area contributed by atoms with Crippen LogP contribution in [-0.2, 0) is 4.79 Å². The van der Waals surface area contributed by atoms with Crippen LogP contribution in [0.25, 0.3) is 10.9 Å². The molecule has 2 amide bonds. The zero-order valence-electron chi connectivity index (χ0n) is 13.6. The van der Waals surface area contributed by atoms with E-state index in [2.05, 4.69) is 10.3 Å². The van der Waals surface area contributed by atoms with Crippen LogP contribution in [0.4, 0.5) is 0 Å². The number of fused-ring (bicyclic) bond motifs is 1. The van der Waals surface area contributed by atoms with E-state index < -0.39 is 6.04 Å². The lowest BCUT2D eigenvalue weighted by molar-refractivity contribution is -0.125. The van der Waals surface area contributed by atoms with Crippen molar-refractivity contribution in [3.8, 4) is 0 Å². The first-order chi connectivity index (χ1) is 10.8. The molecule has 2 N–H and O–H groups in total. The molecule has 0 saturated carbocycles. The third-order valence-electron chi connectivity index (χ3n) is 3.75. The zero-order chi connectivity index (χ0) is 16.6. The van der Waals surface area contributed by atoms with Gasteiger partial charge >= 0.3 is 0 Å². The summed E-state index contributed by atoms with van der Waals surface area (Å²) in [6.45, 7) is 5.83. The monoisotopic (exact) mass is 331 g/mol. The molecule has 1 aliphatic rings. The van der Waals surface area contributed by atoms with E-state index in [1.54, 1.807) is 16.7 Å². The maximum atomic E-state index is 12.8. The van der Waals surface area contributed by atoms with Crippen LogP contribution in [0.1, 0.15) is 31.1 Å². The van der Waals surface area contributed by atoms with E-state index >= 15 is 0 Å². The number of benzene rings is 1. The molecule has 6 heteroatoms. The van der Waals surface area contributed by atoms with Crippen LogP contribution in [0.15, 0.2) is 30.5 Å². The number of hydrogen-bond acceptors (Lipinski definition) is 3. The molecule has 2 aromatic rings. The highest BCUT2D eigenvalue weighted by molar-refractivity contribution is 7.99. The van der Waals surface area contributed by atoms with Crippen molar-refractivity contribution in [3.63, 3.8) is 0 Å². The highest BCUT2D eigenvalue weighted by Crippen LogP contribution is 2.25. The number of hydrogen-bond donors (Lipinski definition) is 2. The van der Waals surface area contributed by atoms with Gasteiger partial charge in [0, 0.05) is 28.6 Å². The molecule has 23 heavy (non-hydrogen) atoms. The van der Waals surface area contributed by atoms with Crippen molar-refractivity contribution in [2.75, 3.05) is 11.6 Å². The van der Waals surface area contributed by atoms with Crippen LogP contribution < -0.4 is 5.32 Å². The van der Waals surface area contributed by atoms with Crippen LogP contribution in [0.2, 0.25) is 0 Å². The number of carbonyl (C=O) groups excluding carboxylic acids is 2.